The number of aryl methyl sites for hydroxylation is 2. The summed E-state index contributed by atoms with van der Waals surface area (Å²) in [5, 5.41) is 3.34. The first kappa shape index (κ1) is 16.5. The Hall–Kier alpha value is -2.34. The Morgan fingerprint density at radius 1 is 1.29 bits per heavy atom. The molecule has 3 N–H and O–H groups in total. The summed E-state index contributed by atoms with van der Waals surface area (Å²) >= 11 is 1.45. The monoisotopic (exact) mass is 344 g/mol. The molecule has 0 bridgehead atoms. The Balaban J connectivity index is 1.70. The number of benzene rings is 1. The highest BCUT2D eigenvalue weighted by Crippen LogP contribution is 2.37. The van der Waals surface area contributed by atoms with E-state index in [9.17, 15) is 9.59 Å². The van der Waals surface area contributed by atoms with Crippen molar-refractivity contribution in [3.8, 4) is 5.75 Å². The number of nitrogens with two attached hydrogens (primary N) is 1. The second kappa shape index (κ2) is 7.05. The fraction of sp³-hybridized carbons (Fsp3) is 0.333. The van der Waals surface area contributed by atoms with Crippen LogP contribution in [0.15, 0.2) is 24.3 Å². The normalized spacial score (nSPS) is 13.2. The van der Waals surface area contributed by atoms with Crippen molar-refractivity contribution in [2.24, 2.45) is 5.73 Å². The molecule has 0 spiro atoms. The number of primary amides is 1. The highest BCUT2D eigenvalue weighted by atomic mass is 32.1. The summed E-state index contributed by atoms with van der Waals surface area (Å²) in [5.74, 6) is -0.132. The number of amides is 2. The van der Waals surface area contributed by atoms with Crippen molar-refractivity contribution >= 4 is 28.2 Å². The lowest BCUT2D eigenvalue weighted by Crippen LogP contribution is -2.22. The number of hydrogen-bond acceptors (Lipinski definition) is 4. The third kappa shape index (κ3) is 3.59. The molecular formula is C18H20N2O3S. The summed E-state index contributed by atoms with van der Waals surface area (Å²) in [6, 6.07) is 7.51. The van der Waals surface area contributed by atoms with Crippen molar-refractivity contribution in [1.29, 1.82) is 0 Å². The van der Waals surface area contributed by atoms with Crippen LogP contribution < -0.4 is 15.8 Å². The fourth-order valence-corrected chi connectivity index (χ4v) is 4.24. The Bertz CT molecular complexity index is 783. The van der Waals surface area contributed by atoms with Gasteiger partial charge in [-0.05, 0) is 55.9 Å². The molecule has 3 rings (SSSR count). The smallest absolute Gasteiger partial charge is 0.262 e. The number of carbonyl (C=O) groups excluding carboxylic acids is 2. The molecule has 0 saturated carbocycles. The molecule has 1 aliphatic carbocycles. The van der Waals surface area contributed by atoms with Gasteiger partial charge in [0.1, 0.15) is 10.8 Å². The molecule has 24 heavy (non-hydrogen) atoms. The van der Waals surface area contributed by atoms with Crippen LogP contribution in [0.1, 0.15) is 39.2 Å². The average Bonchev–Trinajstić information content (AvgIpc) is 2.91. The number of nitrogens with one attached hydrogen (secondary N) is 1. The second-order valence-electron chi connectivity index (χ2n) is 5.93. The van der Waals surface area contributed by atoms with E-state index >= 15 is 0 Å². The molecule has 2 amide bonds. The number of thiophene rings is 1. The highest BCUT2D eigenvalue weighted by molar-refractivity contribution is 7.17. The first-order valence-corrected chi connectivity index (χ1v) is 8.80. The third-order valence-corrected chi connectivity index (χ3v) is 5.24. The van der Waals surface area contributed by atoms with Gasteiger partial charge in [-0.15, -0.1) is 11.3 Å². The van der Waals surface area contributed by atoms with E-state index in [4.69, 9.17) is 10.5 Å². The Morgan fingerprint density at radius 2 is 2.08 bits per heavy atom. The van der Waals surface area contributed by atoms with E-state index < -0.39 is 5.91 Å². The van der Waals surface area contributed by atoms with Gasteiger partial charge in [0.2, 0.25) is 0 Å². The predicted molar refractivity (Wildman–Crippen MR) is 94.8 cm³/mol. The third-order valence-electron chi connectivity index (χ3n) is 4.03. The molecular weight excluding hydrogens is 324 g/mol. The quantitative estimate of drug-likeness (QED) is 0.875. The van der Waals surface area contributed by atoms with E-state index in [2.05, 4.69) is 5.32 Å². The van der Waals surface area contributed by atoms with Crippen LogP contribution >= 0.6 is 11.3 Å². The maximum Gasteiger partial charge on any atom is 0.262 e. The maximum atomic E-state index is 12.2. The zero-order valence-electron chi connectivity index (χ0n) is 13.6. The standard InChI is InChI=1S/C18H20N2O3S/c1-11-5-4-6-12(9-11)23-10-15(21)20-18-16(17(19)22)13-7-2-3-8-14(13)24-18/h4-6,9H,2-3,7-8,10H2,1H3,(H2,19,22)(H,20,21). The van der Waals surface area contributed by atoms with Crippen molar-refractivity contribution < 1.29 is 14.3 Å². The number of carbonyl (C=O) groups is 2. The maximum absolute atomic E-state index is 12.2. The topological polar surface area (TPSA) is 81.4 Å². The van der Waals surface area contributed by atoms with Crippen LogP contribution in [0.3, 0.4) is 0 Å². The predicted octanol–water partition coefficient (Wildman–Crippen LogP) is 3.05. The number of anilines is 1. The summed E-state index contributed by atoms with van der Waals surface area (Å²) in [6.07, 6.45) is 3.94. The summed E-state index contributed by atoms with van der Waals surface area (Å²) in [6.45, 7) is 1.85. The van der Waals surface area contributed by atoms with E-state index in [0.717, 1.165) is 41.7 Å². The minimum Gasteiger partial charge on any atom is -0.484 e. The molecule has 0 aliphatic heterocycles. The molecule has 1 aromatic heterocycles. The zero-order chi connectivity index (χ0) is 17.1. The van der Waals surface area contributed by atoms with Crippen molar-refractivity contribution in [3.05, 3.63) is 45.8 Å². The molecule has 0 atom stereocenters. The van der Waals surface area contributed by atoms with Gasteiger partial charge in [-0.2, -0.15) is 0 Å². The van der Waals surface area contributed by atoms with Crippen LogP contribution in [-0.4, -0.2) is 18.4 Å². The Kier molecular flexibility index (Phi) is 4.85. The SMILES string of the molecule is Cc1cccc(OCC(=O)Nc2sc3c(c2C(N)=O)CCCC3)c1. The van der Waals surface area contributed by atoms with Gasteiger partial charge >= 0.3 is 0 Å². The molecule has 0 fully saturated rings. The van der Waals surface area contributed by atoms with E-state index in [1.54, 1.807) is 6.07 Å². The summed E-state index contributed by atoms with van der Waals surface area (Å²) in [5.41, 5.74) is 8.07. The van der Waals surface area contributed by atoms with E-state index in [0.29, 0.717) is 16.3 Å². The van der Waals surface area contributed by atoms with Gasteiger partial charge in [0.15, 0.2) is 6.61 Å². The van der Waals surface area contributed by atoms with Crippen molar-refractivity contribution in [3.63, 3.8) is 0 Å². The van der Waals surface area contributed by atoms with E-state index in [1.807, 2.05) is 25.1 Å². The van der Waals surface area contributed by atoms with Crippen LogP contribution in [0.2, 0.25) is 0 Å². The van der Waals surface area contributed by atoms with Gasteiger partial charge in [-0.1, -0.05) is 12.1 Å². The van der Waals surface area contributed by atoms with Crippen LogP contribution in [0, 0.1) is 6.92 Å². The van der Waals surface area contributed by atoms with Crippen LogP contribution in [-0.2, 0) is 17.6 Å². The lowest BCUT2D eigenvalue weighted by molar-refractivity contribution is -0.118. The van der Waals surface area contributed by atoms with Gasteiger partial charge < -0.3 is 15.8 Å². The molecule has 5 nitrogen and oxygen atoms in total. The van der Waals surface area contributed by atoms with Gasteiger partial charge in [-0.25, -0.2) is 0 Å². The van der Waals surface area contributed by atoms with Gasteiger partial charge in [0.25, 0.3) is 11.8 Å². The summed E-state index contributed by atoms with van der Waals surface area (Å²) < 4.78 is 5.50. The molecule has 6 heteroatoms. The first-order valence-electron chi connectivity index (χ1n) is 7.98. The Labute approximate surface area is 144 Å². The molecule has 2 aromatic rings. The lowest BCUT2D eigenvalue weighted by Gasteiger charge is -2.11. The van der Waals surface area contributed by atoms with Crippen molar-refractivity contribution in [1.82, 2.24) is 0 Å². The molecule has 0 saturated heterocycles. The van der Waals surface area contributed by atoms with E-state index in [-0.39, 0.29) is 12.5 Å². The van der Waals surface area contributed by atoms with Crippen LogP contribution in [0.5, 0.6) is 5.75 Å². The molecule has 1 aliphatic rings. The zero-order valence-corrected chi connectivity index (χ0v) is 14.4. The lowest BCUT2D eigenvalue weighted by atomic mass is 9.95. The number of rotatable bonds is 5. The van der Waals surface area contributed by atoms with Crippen LogP contribution in [0.4, 0.5) is 5.00 Å². The van der Waals surface area contributed by atoms with E-state index in [1.165, 1.54) is 11.3 Å². The highest BCUT2D eigenvalue weighted by Gasteiger charge is 2.24. The largest absolute Gasteiger partial charge is 0.484 e. The number of fused-ring (bicyclic) bond motifs is 1. The number of hydrogen-bond donors (Lipinski definition) is 2. The minimum atomic E-state index is -0.482. The minimum absolute atomic E-state index is 0.107. The molecule has 126 valence electrons. The molecule has 0 unspecified atom stereocenters. The molecule has 0 radical (unpaired) electrons. The van der Waals surface area contributed by atoms with Gasteiger partial charge in [0, 0.05) is 4.88 Å². The fourth-order valence-electron chi connectivity index (χ4n) is 2.93. The second-order valence-corrected chi connectivity index (χ2v) is 7.04. The molecule has 1 heterocycles. The molecule has 1 aromatic carbocycles. The van der Waals surface area contributed by atoms with Crippen LogP contribution in [0.25, 0.3) is 0 Å². The van der Waals surface area contributed by atoms with Crippen molar-refractivity contribution in [2.45, 2.75) is 32.6 Å². The summed E-state index contributed by atoms with van der Waals surface area (Å²) in [4.78, 5) is 25.1. The summed E-state index contributed by atoms with van der Waals surface area (Å²) in [7, 11) is 0. The number of ether oxygens (including phenoxy) is 1. The Morgan fingerprint density at radius 3 is 2.83 bits per heavy atom. The first-order chi connectivity index (χ1) is 11.5. The van der Waals surface area contributed by atoms with Gasteiger partial charge in [0.05, 0.1) is 5.56 Å². The van der Waals surface area contributed by atoms with Gasteiger partial charge in [-0.3, -0.25) is 9.59 Å². The van der Waals surface area contributed by atoms with Crippen molar-refractivity contribution in [2.75, 3.05) is 11.9 Å². The average molecular weight is 344 g/mol.